The van der Waals surface area contributed by atoms with Crippen LogP contribution in [0.15, 0.2) is 42.7 Å². The summed E-state index contributed by atoms with van der Waals surface area (Å²) in [6.07, 6.45) is 6.24. The molecule has 1 atom stereocenters. The van der Waals surface area contributed by atoms with Crippen LogP contribution in [0.2, 0.25) is 0 Å². The molecule has 1 aromatic heterocycles. The topological polar surface area (TPSA) is 41.9 Å². The van der Waals surface area contributed by atoms with Crippen LogP contribution in [0.4, 0.5) is 5.69 Å². The van der Waals surface area contributed by atoms with Gasteiger partial charge < -0.3 is 10.6 Å². The summed E-state index contributed by atoms with van der Waals surface area (Å²) in [6.45, 7) is 2.19. The van der Waals surface area contributed by atoms with Crippen molar-refractivity contribution >= 4 is 5.69 Å². The number of aromatic nitrogens is 2. The van der Waals surface area contributed by atoms with Crippen molar-refractivity contribution in [1.82, 2.24) is 15.1 Å². The highest BCUT2D eigenvalue weighted by molar-refractivity contribution is 5.51. The van der Waals surface area contributed by atoms with Crippen LogP contribution in [-0.4, -0.2) is 28.9 Å². The highest BCUT2D eigenvalue weighted by Gasteiger charge is 2.12. The molecule has 0 amide bonds. The van der Waals surface area contributed by atoms with Crippen molar-refractivity contribution in [3.63, 3.8) is 0 Å². The average molecular weight is 242 g/mol. The molecule has 4 nitrogen and oxygen atoms in total. The number of nitrogens with zero attached hydrogens (tertiary/aromatic N) is 2. The molecule has 1 unspecified atom stereocenters. The quantitative estimate of drug-likeness (QED) is 0.865. The molecule has 1 saturated heterocycles. The van der Waals surface area contributed by atoms with E-state index in [0.717, 1.165) is 24.5 Å². The summed E-state index contributed by atoms with van der Waals surface area (Å²) in [5.41, 5.74) is 2.26. The molecule has 18 heavy (non-hydrogen) atoms. The highest BCUT2D eigenvalue weighted by atomic mass is 15.3. The van der Waals surface area contributed by atoms with Crippen LogP contribution in [-0.2, 0) is 0 Å². The van der Waals surface area contributed by atoms with E-state index in [1.807, 2.05) is 16.9 Å². The summed E-state index contributed by atoms with van der Waals surface area (Å²) in [6, 6.07) is 10.9. The second kappa shape index (κ2) is 5.23. The van der Waals surface area contributed by atoms with E-state index in [1.165, 1.54) is 12.8 Å². The van der Waals surface area contributed by atoms with Gasteiger partial charge in [0.1, 0.15) is 0 Å². The maximum Gasteiger partial charge on any atom is 0.0666 e. The zero-order valence-corrected chi connectivity index (χ0v) is 10.3. The first-order valence-electron chi connectivity index (χ1n) is 6.49. The van der Waals surface area contributed by atoms with Crippen molar-refractivity contribution in [1.29, 1.82) is 0 Å². The second-order valence-electron chi connectivity index (χ2n) is 4.69. The van der Waals surface area contributed by atoms with Gasteiger partial charge in [-0.25, -0.2) is 4.68 Å². The van der Waals surface area contributed by atoms with Gasteiger partial charge >= 0.3 is 0 Å². The number of hydrogen-bond acceptors (Lipinski definition) is 3. The van der Waals surface area contributed by atoms with Crippen LogP contribution in [0.1, 0.15) is 12.8 Å². The first-order chi connectivity index (χ1) is 8.92. The summed E-state index contributed by atoms with van der Waals surface area (Å²) in [4.78, 5) is 0. The lowest BCUT2D eigenvalue weighted by Crippen LogP contribution is -2.38. The fourth-order valence-electron chi connectivity index (χ4n) is 2.37. The summed E-state index contributed by atoms with van der Waals surface area (Å²) < 4.78 is 1.88. The van der Waals surface area contributed by atoms with Gasteiger partial charge in [0.25, 0.3) is 0 Å². The lowest BCUT2D eigenvalue weighted by atomic mass is 10.1. The lowest BCUT2D eigenvalue weighted by Gasteiger charge is -2.25. The minimum atomic E-state index is 0.534. The molecule has 4 heteroatoms. The first kappa shape index (κ1) is 11.3. The van der Waals surface area contributed by atoms with Gasteiger partial charge in [0.05, 0.1) is 5.69 Å². The minimum absolute atomic E-state index is 0.534. The fraction of sp³-hybridized carbons (Fsp3) is 0.357. The number of hydrogen-bond donors (Lipinski definition) is 2. The smallest absolute Gasteiger partial charge is 0.0666 e. The van der Waals surface area contributed by atoms with E-state index in [2.05, 4.69) is 40.0 Å². The van der Waals surface area contributed by atoms with Gasteiger partial charge in [-0.3, -0.25) is 0 Å². The maximum absolute atomic E-state index is 4.25. The number of anilines is 1. The van der Waals surface area contributed by atoms with E-state index in [1.54, 1.807) is 6.20 Å². The number of benzene rings is 1. The predicted octanol–water partition coefficient (Wildman–Crippen LogP) is 2.04. The zero-order valence-electron chi connectivity index (χ0n) is 10.3. The third-order valence-corrected chi connectivity index (χ3v) is 3.28. The SMILES string of the molecule is c1cc(NC2CCCNC2)cc(-n2cccn2)c1. The van der Waals surface area contributed by atoms with Crippen molar-refractivity contribution in [2.75, 3.05) is 18.4 Å². The first-order valence-corrected chi connectivity index (χ1v) is 6.49. The van der Waals surface area contributed by atoms with Gasteiger partial charge in [-0.1, -0.05) is 6.07 Å². The maximum atomic E-state index is 4.25. The number of piperidine rings is 1. The Bertz CT molecular complexity index is 486. The van der Waals surface area contributed by atoms with Gasteiger partial charge in [-0.05, 0) is 43.7 Å². The fourth-order valence-corrected chi connectivity index (χ4v) is 2.37. The molecule has 1 fully saturated rings. The Morgan fingerprint density at radius 1 is 1.33 bits per heavy atom. The standard InChI is InChI=1S/C14H18N4/c1-4-12(17-13-5-2-7-15-11-13)10-14(6-1)18-9-3-8-16-18/h1,3-4,6,8-10,13,15,17H,2,5,7,11H2. The molecule has 2 aromatic rings. The summed E-state index contributed by atoms with van der Waals surface area (Å²) >= 11 is 0. The molecule has 0 bridgehead atoms. The molecule has 1 aliphatic rings. The van der Waals surface area contributed by atoms with E-state index in [0.29, 0.717) is 6.04 Å². The van der Waals surface area contributed by atoms with E-state index >= 15 is 0 Å². The molecule has 0 spiro atoms. The molecule has 3 rings (SSSR count). The van der Waals surface area contributed by atoms with Gasteiger partial charge in [0.2, 0.25) is 0 Å². The third kappa shape index (κ3) is 2.54. The summed E-state index contributed by atoms with van der Waals surface area (Å²) in [7, 11) is 0. The molecule has 1 aromatic carbocycles. The van der Waals surface area contributed by atoms with E-state index in [9.17, 15) is 0 Å². The second-order valence-corrected chi connectivity index (χ2v) is 4.69. The van der Waals surface area contributed by atoms with Crippen LogP contribution >= 0.6 is 0 Å². The van der Waals surface area contributed by atoms with Crippen molar-refractivity contribution in [3.8, 4) is 5.69 Å². The van der Waals surface area contributed by atoms with Gasteiger partial charge in [0, 0.05) is 30.7 Å². The number of nitrogens with one attached hydrogen (secondary N) is 2. The van der Waals surface area contributed by atoms with Crippen LogP contribution in [0.3, 0.4) is 0 Å². The minimum Gasteiger partial charge on any atom is -0.381 e. The Balaban J connectivity index is 1.74. The Labute approximate surface area is 107 Å². The third-order valence-electron chi connectivity index (χ3n) is 3.28. The van der Waals surface area contributed by atoms with Crippen molar-refractivity contribution < 1.29 is 0 Å². The normalized spacial score (nSPS) is 19.7. The van der Waals surface area contributed by atoms with Crippen LogP contribution < -0.4 is 10.6 Å². The Morgan fingerprint density at radius 3 is 3.11 bits per heavy atom. The molecule has 0 aliphatic carbocycles. The number of rotatable bonds is 3. The molecular formula is C14H18N4. The van der Waals surface area contributed by atoms with E-state index in [-0.39, 0.29) is 0 Å². The van der Waals surface area contributed by atoms with Crippen molar-refractivity contribution in [2.45, 2.75) is 18.9 Å². The van der Waals surface area contributed by atoms with Crippen molar-refractivity contribution in [3.05, 3.63) is 42.7 Å². The summed E-state index contributed by atoms with van der Waals surface area (Å²) in [5.74, 6) is 0. The average Bonchev–Trinajstić information content (AvgIpc) is 2.94. The molecule has 0 saturated carbocycles. The van der Waals surface area contributed by atoms with Gasteiger partial charge in [-0.15, -0.1) is 0 Å². The van der Waals surface area contributed by atoms with E-state index < -0.39 is 0 Å². The summed E-state index contributed by atoms with van der Waals surface area (Å²) in [5, 5.41) is 11.2. The Morgan fingerprint density at radius 2 is 2.33 bits per heavy atom. The Kier molecular flexibility index (Phi) is 3.28. The lowest BCUT2D eigenvalue weighted by molar-refractivity contribution is 0.480. The zero-order chi connectivity index (χ0) is 12.2. The van der Waals surface area contributed by atoms with Gasteiger partial charge in [-0.2, -0.15) is 5.10 Å². The molecule has 2 N–H and O–H groups in total. The molecule has 1 aliphatic heterocycles. The van der Waals surface area contributed by atoms with Gasteiger partial charge in [0.15, 0.2) is 0 Å². The predicted molar refractivity (Wildman–Crippen MR) is 73.1 cm³/mol. The molecule has 0 radical (unpaired) electrons. The highest BCUT2D eigenvalue weighted by Crippen LogP contribution is 2.16. The van der Waals surface area contributed by atoms with Crippen LogP contribution in [0.5, 0.6) is 0 Å². The monoisotopic (exact) mass is 242 g/mol. The molecular weight excluding hydrogens is 224 g/mol. The largest absolute Gasteiger partial charge is 0.381 e. The Hall–Kier alpha value is -1.81. The van der Waals surface area contributed by atoms with Crippen molar-refractivity contribution in [2.24, 2.45) is 0 Å². The van der Waals surface area contributed by atoms with Crippen LogP contribution in [0.25, 0.3) is 5.69 Å². The van der Waals surface area contributed by atoms with E-state index in [4.69, 9.17) is 0 Å². The molecule has 2 heterocycles. The van der Waals surface area contributed by atoms with Crippen LogP contribution in [0, 0.1) is 0 Å². The molecule has 94 valence electrons.